The molecule has 0 aliphatic carbocycles. The highest BCUT2D eigenvalue weighted by Crippen LogP contribution is 2.10. The van der Waals surface area contributed by atoms with Gasteiger partial charge in [0.15, 0.2) is 0 Å². The van der Waals surface area contributed by atoms with Crippen molar-refractivity contribution in [3.63, 3.8) is 0 Å². The Morgan fingerprint density at radius 1 is 1.69 bits per heavy atom. The molecule has 3 heteroatoms. The summed E-state index contributed by atoms with van der Waals surface area (Å²) in [6, 6.07) is 4.76. The first-order valence-electron chi connectivity index (χ1n) is 4.34. The number of hydrogen-bond donors (Lipinski definition) is 1. The van der Waals surface area contributed by atoms with E-state index < -0.39 is 0 Å². The monoisotopic (exact) mass is 215 g/mol. The molecule has 0 amide bonds. The predicted octanol–water partition coefficient (Wildman–Crippen LogP) is 3.02. The Morgan fingerprint density at radius 2 is 2.54 bits per heavy atom. The molecule has 1 nitrogen and oxygen atoms in total. The Labute approximate surface area is 88.4 Å². The van der Waals surface area contributed by atoms with Crippen LogP contribution < -0.4 is 5.32 Å². The van der Waals surface area contributed by atoms with Gasteiger partial charge in [-0.15, -0.1) is 11.3 Å². The molecular formula is C10H14ClNS. The minimum Gasteiger partial charge on any atom is -0.310 e. The molecule has 0 fully saturated rings. The van der Waals surface area contributed by atoms with Crippen molar-refractivity contribution >= 4 is 22.9 Å². The van der Waals surface area contributed by atoms with E-state index in [4.69, 9.17) is 11.6 Å². The van der Waals surface area contributed by atoms with Gasteiger partial charge < -0.3 is 5.32 Å². The van der Waals surface area contributed by atoms with Crippen LogP contribution in [0.15, 0.2) is 29.1 Å². The van der Waals surface area contributed by atoms with Gasteiger partial charge in [-0.3, -0.25) is 0 Å². The van der Waals surface area contributed by atoms with Gasteiger partial charge in [0.05, 0.1) is 0 Å². The van der Waals surface area contributed by atoms with Crippen LogP contribution in [0.3, 0.4) is 0 Å². The van der Waals surface area contributed by atoms with E-state index in [1.54, 1.807) is 16.9 Å². The van der Waals surface area contributed by atoms with E-state index in [2.05, 4.69) is 29.8 Å². The van der Waals surface area contributed by atoms with Crippen molar-refractivity contribution in [2.24, 2.45) is 0 Å². The number of halogens is 1. The van der Waals surface area contributed by atoms with Crippen LogP contribution in [0.1, 0.15) is 11.8 Å². The van der Waals surface area contributed by atoms with Gasteiger partial charge in [0.25, 0.3) is 0 Å². The van der Waals surface area contributed by atoms with Crippen LogP contribution in [-0.2, 0) is 6.42 Å². The van der Waals surface area contributed by atoms with Crippen molar-refractivity contribution in [3.05, 3.63) is 34.0 Å². The van der Waals surface area contributed by atoms with Crippen molar-refractivity contribution in [1.82, 2.24) is 5.32 Å². The Hall–Kier alpha value is -0.310. The maximum absolute atomic E-state index is 5.41. The van der Waals surface area contributed by atoms with Gasteiger partial charge >= 0.3 is 0 Å². The number of hydrogen-bond acceptors (Lipinski definition) is 2. The lowest BCUT2D eigenvalue weighted by molar-refractivity contribution is 0.585. The highest BCUT2D eigenvalue weighted by atomic mass is 35.5. The third-order valence-electron chi connectivity index (χ3n) is 1.76. The lowest BCUT2D eigenvalue weighted by Gasteiger charge is -2.10. The summed E-state index contributed by atoms with van der Waals surface area (Å²) in [7, 11) is 0. The summed E-state index contributed by atoms with van der Waals surface area (Å²) in [4.78, 5) is 1.43. The molecule has 0 aliphatic rings. The molecule has 13 heavy (non-hydrogen) atoms. The summed E-state index contributed by atoms with van der Waals surface area (Å²) < 4.78 is 0. The van der Waals surface area contributed by atoms with E-state index in [-0.39, 0.29) is 0 Å². The van der Waals surface area contributed by atoms with Crippen LogP contribution in [0.2, 0.25) is 0 Å². The molecule has 0 bridgehead atoms. The molecule has 1 rings (SSSR count). The smallest absolute Gasteiger partial charge is 0.0149 e. The minimum absolute atomic E-state index is 0.506. The molecule has 1 atom stereocenters. The molecule has 0 radical (unpaired) electrons. The van der Waals surface area contributed by atoms with E-state index >= 15 is 0 Å². The van der Waals surface area contributed by atoms with Crippen molar-refractivity contribution in [1.29, 1.82) is 0 Å². The molecule has 0 saturated heterocycles. The quantitative estimate of drug-likeness (QED) is 0.797. The Balaban J connectivity index is 2.21. The Morgan fingerprint density at radius 3 is 3.15 bits per heavy atom. The van der Waals surface area contributed by atoms with Gasteiger partial charge in [0.1, 0.15) is 0 Å². The molecule has 0 saturated carbocycles. The highest BCUT2D eigenvalue weighted by Gasteiger charge is 2.01. The average molecular weight is 216 g/mol. The second-order valence-corrected chi connectivity index (χ2v) is 4.24. The summed E-state index contributed by atoms with van der Waals surface area (Å²) in [5.74, 6) is 0. The first-order chi connectivity index (χ1) is 6.33. The van der Waals surface area contributed by atoms with Crippen LogP contribution in [0, 0.1) is 0 Å². The molecule has 1 unspecified atom stereocenters. The molecule has 0 aliphatic heterocycles. The maximum atomic E-state index is 5.41. The summed E-state index contributed by atoms with van der Waals surface area (Å²) in [6.45, 7) is 3.03. The molecular weight excluding hydrogens is 202 g/mol. The van der Waals surface area contributed by atoms with Gasteiger partial charge in [0, 0.05) is 23.0 Å². The largest absolute Gasteiger partial charge is 0.310 e. The fraction of sp³-hybridized carbons (Fsp3) is 0.400. The van der Waals surface area contributed by atoms with Gasteiger partial charge in [0.2, 0.25) is 0 Å². The Bertz CT molecular complexity index is 243. The second kappa shape index (κ2) is 6.19. The first-order valence-corrected chi connectivity index (χ1v) is 5.65. The number of thiophene rings is 1. The van der Waals surface area contributed by atoms with Crippen LogP contribution >= 0.6 is 22.9 Å². The summed E-state index contributed by atoms with van der Waals surface area (Å²) in [5, 5.41) is 5.47. The maximum Gasteiger partial charge on any atom is 0.0149 e. The van der Waals surface area contributed by atoms with E-state index in [1.807, 2.05) is 6.08 Å². The van der Waals surface area contributed by atoms with Crippen molar-refractivity contribution in [2.45, 2.75) is 19.4 Å². The fourth-order valence-electron chi connectivity index (χ4n) is 1.12. The normalized spacial score (nSPS) is 13.7. The molecule has 1 aromatic heterocycles. The molecule has 1 N–H and O–H groups in total. The SMILES string of the molecule is CC(Cc1cccs1)NC/C=C/Cl. The van der Waals surface area contributed by atoms with Gasteiger partial charge in [-0.2, -0.15) is 0 Å². The van der Waals surface area contributed by atoms with Gasteiger partial charge in [-0.25, -0.2) is 0 Å². The van der Waals surface area contributed by atoms with E-state index in [1.165, 1.54) is 4.88 Å². The van der Waals surface area contributed by atoms with Crippen molar-refractivity contribution < 1.29 is 0 Å². The van der Waals surface area contributed by atoms with E-state index in [0.717, 1.165) is 13.0 Å². The predicted molar refractivity (Wildman–Crippen MR) is 60.5 cm³/mol. The highest BCUT2D eigenvalue weighted by molar-refractivity contribution is 7.09. The van der Waals surface area contributed by atoms with Crippen molar-refractivity contribution in [3.8, 4) is 0 Å². The second-order valence-electron chi connectivity index (χ2n) is 2.95. The van der Waals surface area contributed by atoms with Crippen molar-refractivity contribution in [2.75, 3.05) is 6.54 Å². The summed E-state index contributed by atoms with van der Waals surface area (Å²) in [6.07, 6.45) is 3.00. The average Bonchev–Trinajstić information content (AvgIpc) is 2.57. The zero-order chi connectivity index (χ0) is 9.52. The first kappa shape index (κ1) is 10.8. The third-order valence-corrected chi connectivity index (χ3v) is 2.84. The van der Waals surface area contributed by atoms with E-state index in [0.29, 0.717) is 6.04 Å². The molecule has 1 aromatic rings. The van der Waals surface area contributed by atoms with Crippen LogP contribution in [0.25, 0.3) is 0 Å². The van der Waals surface area contributed by atoms with Gasteiger partial charge in [-0.1, -0.05) is 23.7 Å². The summed E-state index contributed by atoms with van der Waals surface area (Å²) >= 11 is 7.22. The topological polar surface area (TPSA) is 12.0 Å². The zero-order valence-electron chi connectivity index (χ0n) is 7.66. The third kappa shape index (κ3) is 4.46. The standard InChI is InChI=1S/C10H14ClNS/c1-9(12-6-3-5-11)8-10-4-2-7-13-10/h2-5,7,9,12H,6,8H2,1H3/b5-3+. The van der Waals surface area contributed by atoms with E-state index in [9.17, 15) is 0 Å². The molecule has 0 aromatic carbocycles. The molecule has 72 valence electrons. The van der Waals surface area contributed by atoms with Crippen LogP contribution in [-0.4, -0.2) is 12.6 Å². The lowest BCUT2D eigenvalue weighted by Crippen LogP contribution is -2.27. The van der Waals surface area contributed by atoms with Gasteiger partial charge in [-0.05, 0) is 24.8 Å². The number of rotatable bonds is 5. The zero-order valence-corrected chi connectivity index (χ0v) is 9.24. The minimum atomic E-state index is 0.506. The lowest BCUT2D eigenvalue weighted by atomic mass is 10.2. The molecule has 1 heterocycles. The fourth-order valence-corrected chi connectivity index (χ4v) is 2.04. The Kier molecular flexibility index (Phi) is 5.13. The van der Waals surface area contributed by atoms with Crippen LogP contribution in [0.4, 0.5) is 0 Å². The number of nitrogens with one attached hydrogen (secondary N) is 1. The summed E-state index contributed by atoms with van der Waals surface area (Å²) in [5.41, 5.74) is 1.55. The molecule has 0 spiro atoms. The van der Waals surface area contributed by atoms with Crippen LogP contribution in [0.5, 0.6) is 0 Å².